The third kappa shape index (κ3) is 3.70. The molecule has 2 heterocycles. The maximum absolute atomic E-state index is 6.02. The number of nitrogens with zero attached hydrogens (tertiary/aromatic N) is 1. The molecule has 1 saturated heterocycles. The summed E-state index contributed by atoms with van der Waals surface area (Å²) in [6.45, 7) is 10.1. The van der Waals surface area contributed by atoms with Crippen molar-refractivity contribution in [2.75, 3.05) is 13.1 Å². The molecule has 1 N–H and O–H groups in total. The number of rotatable bonds is 4. The van der Waals surface area contributed by atoms with Crippen LogP contribution in [0.3, 0.4) is 0 Å². The average molecular weight is 287 g/mol. The van der Waals surface area contributed by atoms with Gasteiger partial charge < -0.3 is 5.32 Å². The second kappa shape index (κ2) is 5.91. The molecule has 0 bridgehead atoms. The average Bonchev–Trinajstić information content (AvgIpc) is 2.68. The fourth-order valence-electron chi connectivity index (χ4n) is 2.66. The lowest BCUT2D eigenvalue weighted by Gasteiger charge is -2.44. The van der Waals surface area contributed by atoms with Crippen molar-refractivity contribution >= 4 is 22.9 Å². The normalized spacial score (nSPS) is 24.3. The lowest BCUT2D eigenvalue weighted by Crippen LogP contribution is -2.61. The van der Waals surface area contributed by atoms with Gasteiger partial charge in [0.25, 0.3) is 0 Å². The lowest BCUT2D eigenvalue weighted by atomic mass is 9.96. The largest absolute Gasteiger partial charge is 0.309 e. The lowest BCUT2D eigenvalue weighted by molar-refractivity contribution is 0.0836. The number of nitrogens with one attached hydrogen (secondary N) is 1. The molecule has 0 radical (unpaired) electrons. The van der Waals surface area contributed by atoms with Crippen molar-refractivity contribution in [3.63, 3.8) is 0 Å². The van der Waals surface area contributed by atoms with Crippen LogP contribution in [-0.2, 0) is 6.54 Å². The second-order valence-electron chi connectivity index (χ2n) is 5.82. The minimum absolute atomic E-state index is 0.214. The van der Waals surface area contributed by atoms with Gasteiger partial charge in [0.05, 0.1) is 4.34 Å². The molecule has 1 aliphatic rings. The van der Waals surface area contributed by atoms with Crippen LogP contribution in [0.1, 0.15) is 38.5 Å². The molecule has 1 aromatic heterocycles. The molecule has 18 heavy (non-hydrogen) atoms. The van der Waals surface area contributed by atoms with E-state index in [0.29, 0.717) is 6.04 Å². The second-order valence-corrected chi connectivity index (χ2v) is 7.62. The number of hydrogen-bond acceptors (Lipinski definition) is 3. The van der Waals surface area contributed by atoms with E-state index in [1.807, 2.05) is 6.07 Å². The van der Waals surface area contributed by atoms with Crippen LogP contribution in [0.5, 0.6) is 0 Å². The van der Waals surface area contributed by atoms with Crippen LogP contribution in [0, 0.1) is 0 Å². The summed E-state index contributed by atoms with van der Waals surface area (Å²) in [4.78, 5) is 3.99. The summed E-state index contributed by atoms with van der Waals surface area (Å²) in [5.74, 6) is 0. The molecule has 0 amide bonds. The zero-order valence-electron chi connectivity index (χ0n) is 11.5. The predicted molar refractivity (Wildman–Crippen MR) is 80.5 cm³/mol. The van der Waals surface area contributed by atoms with Crippen LogP contribution in [0.25, 0.3) is 0 Å². The van der Waals surface area contributed by atoms with Crippen LogP contribution in [0.2, 0.25) is 4.34 Å². The fourth-order valence-corrected chi connectivity index (χ4v) is 3.77. The first-order valence-electron chi connectivity index (χ1n) is 6.73. The van der Waals surface area contributed by atoms with Gasteiger partial charge in [0.2, 0.25) is 0 Å². The molecule has 1 aromatic rings. The van der Waals surface area contributed by atoms with Crippen molar-refractivity contribution in [1.29, 1.82) is 0 Å². The molecule has 102 valence electrons. The van der Waals surface area contributed by atoms with Crippen LogP contribution in [-0.4, -0.2) is 29.6 Å². The molecule has 1 unspecified atom stereocenters. The van der Waals surface area contributed by atoms with Gasteiger partial charge in [-0.1, -0.05) is 24.9 Å². The Kier molecular flexibility index (Phi) is 4.70. The summed E-state index contributed by atoms with van der Waals surface area (Å²) in [6, 6.07) is 4.82. The number of hydrogen-bond donors (Lipinski definition) is 1. The fraction of sp³-hybridized carbons (Fsp3) is 0.714. The topological polar surface area (TPSA) is 15.3 Å². The number of thiophene rings is 1. The van der Waals surface area contributed by atoms with Crippen LogP contribution in [0.15, 0.2) is 12.1 Å². The molecule has 0 spiro atoms. The molecular weight excluding hydrogens is 264 g/mol. The summed E-state index contributed by atoms with van der Waals surface area (Å²) < 4.78 is 0.895. The molecule has 4 heteroatoms. The van der Waals surface area contributed by atoms with Gasteiger partial charge in [0.1, 0.15) is 0 Å². The maximum atomic E-state index is 6.02. The van der Waals surface area contributed by atoms with E-state index in [9.17, 15) is 0 Å². The van der Waals surface area contributed by atoms with Gasteiger partial charge >= 0.3 is 0 Å². The summed E-state index contributed by atoms with van der Waals surface area (Å²) in [6.07, 6.45) is 2.51. The van der Waals surface area contributed by atoms with Gasteiger partial charge in [-0.05, 0) is 32.4 Å². The van der Waals surface area contributed by atoms with E-state index >= 15 is 0 Å². The first-order valence-corrected chi connectivity index (χ1v) is 7.93. The molecule has 0 saturated carbocycles. The molecule has 1 atom stereocenters. The highest BCUT2D eigenvalue weighted by Gasteiger charge is 2.31. The monoisotopic (exact) mass is 286 g/mol. The van der Waals surface area contributed by atoms with Gasteiger partial charge in [0.15, 0.2) is 0 Å². The first kappa shape index (κ1) is 14.3. The molecule has 2 nitrogen and oxygen atoms in total. The number of piperazine rings is 1. The Labute approximate surface area is 119 Å². The smallest absolute Gasteiger partial charge is 0.0931 e. The van der Waals surface area contributed by atoms with Gasteiger partial charge in [0, 0.05) is 36.1 Å². The van der Waals surface area contributed by atoms with Gasteiger partial charge in [-0.25, -0.2) is 0 Å². The highest BCUT2D eigenvalue weighted by Crippen LogP contribution is 2.26. The number of halogens is 1. The van der Waals surface area contributed by atoms with Crippen molar-refractivity contribution in [2.24, 2.45) is 0 Å². The van der Waals surface area contributed by atoms with E-state index in [-0.39, 0.29) is 5.54 Å². The quantitative estimate of drug-likeness (QED) is 0.907. The minimum Gasteiger partial charge on any atom is -0.309 e. The molecule has 0 aromatic carbocycles. The van der Waals surface area contributed by atoms with E-state index in [1.54, 1.807) is 11.3 Å². The highest BCUT2D eigenvalue weighted by atomic mass is 35.5. The minimum atomic E-state index is 0.214. The predicted octanol–water partition coefficient (Wildman–Crippen LogP) is 3.75. The van der Waals surface area contributed by atoms with Crippen molar-refractivity contribution in [3.8, 4) is 0 Å². The zero-order valence-corrected chi connectivity index (χ0v) is 13.1. The van der Waals surface area contributed by atoms with Crippen molar-refractivity contribution in [2.45, 2.75) is 51.7 Å². The maximum Gasteiger partial charge on any atom is 0.0931 e. The molecular formula is C14H23ClN2S. The highest BCUT2D eigenvalue weighted by molar-refractivity contribution is 7.16. The van der Waals surface area contributed by atoms with Crippen LogP contribution in [0.4, 0.5) is 0 Å². The third-order valence-electron chi connectivity index (χ3n) is 3.54. The van der Waals surface area contributed by atoms with Crippen molar-refractivity contribution in [3.05, 3.63) is 21.3 Å². The third-order valence-corrected chi connectivity index (χ3v) is 4.76. The van der Waals surface area contributed by atoms with Crippen LogP contribution >= 0.6 is 22.9 Å². The Morgan fingerprint density at radius 2 is 2.28 bits per heavy atom. The van der Waals surface area contributed by atoms with Crippen molar-refractivity contribution in [1.82, 2.24) is 10.2 Å². The Morgan fingerprint density at radius 1 is 1.50 bits per heavy atom. The molecule has 0 aliphatic carbocycles. The summed E-state index contributed by atoms with van der Waals surface area (Å²) in [5, 5.41) is 3.65. The SMILES string of the molecule is CCCC1CNC(C)(C)CN1Cc1ccc(Cl)s1. The summed E-state index contributed by atoms with van der Waals surface area (Å²) in [7, 11) is 0. The van der Waals surface area contributed by atoms with E-state index < -0.39 is 0 Å². The molecule has 1 aliphatic heterocycles. The Bertz CT molecular complexity index is 389. The van der Waals surface area contributed by atoms with E-state index in [4.69, 9.17) is 11.6 Å². The van der Waals surface area contributed by atoms with E-state index in [0.717, 1.165) is 24.0 Å². The summed E-state index contributed by atoms with van der Waals surface area (Å²) >= 11 is 7.72. The molecule has 2 rings (SSSR count). The first-order chi connectivity index (χ1) is 8.50. The van der Waals surface area contributed by atoms with Gasteiger partial charge in [-0.2, -0.15) is 0 Å². The molecule has 1 fully saturated rings. The van der Waals surface area contributed by atoms with Crippen molar-refractivity contribution < 1.29 is 0 Å². The Hall–Kier alpha value is -0.0900. The Morgan fingerprint density at radius 3 is 2.89 bits per heavy atom. The van der Waals surface area contributed by atoms with E-state index in [2.05, 4.69) is 37.1 Å². The van der Waals surface area contributed by atoms with Crippen LogP contribution < -0.4 is 5.32 Å². The Balaban J connectivity index is 2.05. The zero-order chi connectivity index (χ0) is 13.2. The van der Waals surface area contributed by atoms with Gasteiger partial charge in [-0.15, -0.1) is 11.3 Å². The van der Waals surface area contributed by atoms with Gasteiger partial charge in [-0.3, -0.25) is 4.90 Å². The van der Waals surface area contributed by atoms with E-state index in [1.165, 1.54) is 17.7 Å². The standard InChI is InChI=1S/C14H23ClN2S/c1-4-5-11-8-16-14(2,3)10-17(11)9-12-6-7-13(15)18-12/h6-7,11,16H,4-5,8-10H2,1-3H3. The summed E-state index contributed by atoms with van der Waals surface area (Å²) in [5.41, 5.74) is 0.214.